The molecule has 0 saturated carbocycles. The second-order valence-corrected chi connectivity index (χ2v) is 8.27. The quantitative estimate of drug-likeness (QED) is 0.352. The predicted octanol–water partition coefficient (Wildman–Crippen LogP) is 4.47. The Labute approximate surface area is 175 Å². The van der Waals surface area contributed by atoms with Gasteiger partial charge in [0.2, 0.25) is 5.91 Å². The number of ether oxygens (including phenoxy) is 1. The molecule has 6 nitrogen and oxygen atoms in total. The Hall–Kier alpha value is -2.16. The zero-order valence-corrected chi connectivity index (χ0v) is 17.6. The summed E-state index contributed by atoms with van der Waals surface area (Å²) in [4.78, 5) is 48.6. The van der Waals surface area contributed by atoms with Gasteiger partial charge in [-0.05, 0) is 30.5 Å². The summed E-state index contributed by atoms with van der Waals surface area (Å²) in [6, 6.07) is 8.10. The first-order chi connectivity index (χ1) is 13.3. The lowest BCUT2D eigenvalue weighted by Gasteiger charge is -2.10. The summed E-state index contributed by atoms with van der Waals surface area (Å²) in [5, 5.41) is 2.67. The number of hydrogen-bond acceptors (Lipinski definition) is 7. The van der Waals surface area contributed by atoms with Crippen molar-refractivity contribution in [1.29, 1.82) is 0 Å². The normalized spacial score (nSPS) is 10.4. The lowest BCUT2D eigenvalue weighted by molar-refractivity contribution is -0.142. The van der Waals surface area contributed by atoms with Crippen molar-refractivity contribution in [2.75, 3.05) is 18.2 Å². The molecule has 148 valence electrons. The Kier molecular flexibility index (Phi) is 8.22. The first-order valence-corrected chi connectivity index (χ1v) is 10.6. The van der Waals surface area contributed by atoms with Gasteiger partial charge in [0.1, 0.15) is 0 Å². The van der Waals surface area contributed by atoms with Crippen LogP contribution in [-0.4, -0.2) is 36.3 Å². The third-order valence-electron chi connectivity index (χ3n) is 3.60. The number of carbonyl (C=O) groups excluding carboxylic acids is 4. The van der Waals surface area contributed by atoms with E-state index in [9.17, 15) is 19.2 Å². The van der Waals surface area contributed by atoms with Crippen LogP contribution in [0, 0.1) is 0 Å². The molecule has 0 fully saturated rings. The van der Waals surface area contributed by atoms with Gasteiger partial charge in [-0.2, -0.15) is 0 Å². The van der Waals surface area contributed by atoms with Crippen LogP contribution in [0.25, 0.3) is 0 Å². The number of anilines is 1. The smallest absolute Gasteiger partial charge is 0.306 e. The molecule has 0 aliphatic rings. The van der Waals surface area contributed by atoms with Gasteiger partial charge in [-0.15, -0.1) is 23.1 Å². The monoisotopic (exact) mass is 439 g/mol. The molecule has 0 radical (unpaired) electrons. The molecule has 0 atom stereocenters. The second kappa shape index (κ2) is 10.4. The number of Topliss-reactive ketones (excluding diaryl/α,β-unsaturated/α-hetero) is 2. The number of nitrogens with one attached hydrogen (secondary N) is 1. The highest BCUT2D eigenvalue weighted by Crippen LogP contribution is 2.27. The number of hydrogen-bond donors (Lipinski definition) is 1. The third kappa shape index (κ3) is 6.47. The molecule has 1 aromatic carbocycles. The Morgan fingerprint density at radius 3 is 2.46 bits per heavy atom. The van der Waals surface area contributed by atoms with Gasteiger partial charge in [-0.25, -0.2) is 0 Å². The molecule has 1 aromatic heterocycles. The van der Waals surface area contributed by atoms with Gasteiger partial charge < -0.3 is 10.1 Å². The van der Waals surface area contributed by atoms with Crippen molar-refractivity contribution in [3.8, 4) is 0 Å². The number of halogens is 1. The summed E-state index contributed by atoms with van der Waals surface area (Å²) in [6.07, 6.45) is 1.72. The molecule has 0 saturated heterocycles. The predicted molar refractivity (Wildman–Crippen MR) is 111 cm³/mol. The lowest BCUT2D eigenvalue weighted by atomic mass is 10.1. The van der Waals surface area contributed by atoms with E-state index in [0.29, 0.717) is 20.5 Å². The number of carbonyl (C=O) groups is 4. The van der Waals surface area contributed by atoms with Crippen LogP contribution >= 0.6 is 34.7 Å². The van der Waals surface area contributed by atoms with Crippen LogP contribution in [-0.2, 0) is 14.3 Å². The average molecular weight is 440 g/mol. The molecule has 28 heavy (non-hydrogen) atoms. The summed E-state index contributed by atoms with van der Waals surface area (Å²) in [6.45, 7) is 0.946. The summed E-state index contributed by atoms with van der Waals surface area (Å²) < 4.78 is 5.47. The number of ketones is 2. The maximum absolute atomic E-state index is 12.3. The molecule has 1 heterocycles. The molecule has 0 aliphatic carbocycles. The van der Waals surface area contributed by atoms with Gasteiger partial charge in [-0.3, -0.25) is 19.2 Å². The minimum absolute atomic E-state index is 0.0149. The first-order valence-electron chi connectivity index (χ1n) is 8.23. The number of thiophene rings is 1. The van der Waals surface area contributed by atoms with Crippen molar-refractivity contribution in [1.82, 2.24) is 0 Å². The molecule has 0 unspecified atom stereocenters. The van der Waals surface area contributed by atoms with Gasteiger partial charge in [0, 0.05) is 23.8 Å². The molecule has 2 rings (SSSR count). The van der Waals surface area contributed by atoms with Gasteiger partial charge in [0.25, 0.3) is 0 Å². The number of rotatable bonds is 9. The fourth-order valence-electron chi connectivity index (χ4n) is 2.27. The Morgan fingerprint density at radius 1 is 1.11 bits per heavy atom. The van der Waals surface area contributed by atoms with E-state index in [0.717, 1.165) is 16.2 Å². The fraction of sp³-hybridized carbons (Fsp3) is 0.263. The van der Waals surface area contributed by atoms with Crippen molar-refractivity contribution < 1.29 is 23.9 Å². The summed E-state index contributed by atoms with van der Waals surface area (Å²) in [5.74, 6) is -1.48. The maximum atomic E-state index is 12.3. The summed E-state index contributed by atoms with van der Waals surface area (Å²) >= 11 is 8.36. The highest BCUT2D eigenvalue weighted by molar-refractivity contribution is 7.98. The van der Waals surface area contributed by atoms with Crippen molar-refractivity contribution in [3.63, 3.8) is 0 Å². The maximum Gasteiger partial charge on any atom is 0.306 e. The van der Waals surface area contributed by atoms with Crippen LogP contribution in [0.15, 0.2) is 35.2 Å². The van der Waals surface area contributed by atoms with E-state index in [1.807, 2.05) is 6.26 Å². The fourth-order valence-corrected chi connectivity index (χ4v) is 3.82. The van der Waals surface area contributed by atoms with Crippen LogP contribution in [0.3, 0.4) is 0 Å². The SMILES string of the molecule is CSc1ccc(C(=O)COC(=O)CCC(=O)c2ccc(Cl)s2)cc1NC(C)=O. The molecular formula is C19H18ClNO5S2. The minimum Gasteiger partial charge on any atom is -0.457 e. The van der Waals surface area contributed by atoms with Gasteiger partial charge >= 0.3 is 5.97 Å². The highest BCUT2D eigenvalue weighted by Gasteiger charge is 2.15. The number of amides is 1. The number of thioether (sulfide) groups is 1. The molecule has 1 N–H and O–H groups in total. The van der Waals surface area contributed by atoms with Gasteiger partial charge in [0.05, 0.1) is 21.3 Å². The minimum atomic E-state index is -0.632. The van der Waals surface area contributed by atoms with E-state index in [2.05, 4.69) is 5.32 Å². The van der Waals surface area contributed by atoms with Crippen molar-refractivity contribution in [3.05, 3.63) is 45.1 Å². The Bertz CT molecular complexity index is 909. The van der Waals surface area contributed by atoms with E-state index in [1.54, 1.807) is 30.3 Å². The average Bonchev–Trinajstić information content (AvgIpc) is 3.10. The second-order valence-electron chi connectivity index (χ2n) is 5.71. The molecule has 2 aromatic rings. The van der Waals surface area contributed by atoms with Crippen LogP contribution < -0.4 is 5.32 Å². The number of esters is 1. The van der Waals surface area contributed by atoms with Gasteiger partial charge in [-0.1, -0.05) is 17.7 Å². The molecule has 0 aliphatic heterocycles. The summed E-state index contributed by atoms with van der Waals surface area (Å²) in [5.41, 5.74) is 0.844. The molecule has 0 spiro atoms. The lowest BCUT2D eigenvalue weighted by Crippen LogP contribution is -2.15. The Balaban J connectivity index is 1.88. The number of benzene rings is 1. The topological polar surface area (TPSA) is 89.5 Å². The third-order valence-corrected chi connectivity index (χ3v) is 5.67. The van der Waals surface area contributed by atoms with Crippen LogP contribution in [0.5, 0.6) is 0 Å². The van der Waals surface area contributed by atoms with E-state index >= 15 is 0 Å². The molecular weight excluding hydrogens is 422 g/mol. The van der Waals surface area contributed by atoms with E-state index in [1.165, 1.54) is 18.7 Å². The standard InChI is InChI=1S/C19H18ClNO5S2/c1-11(22)21-13-9-12(3-5-16(13)27-2)15(24)10-26-19(25)8-4-14(23)17-6-7-18(20)28-17/h3,5-7,9H,4,8,10H2,1-2H3,(H,21,22). The summed E-state index contributed by atoms with van der Waals surface area (Å²) in [7, 11) is 0. The van der Waals surface area contributed by atoms with Crippen molar-refractivity contribution in [2.24, 2.45) is 0 Å². The van der Waals surface area contributed by atoms with Gasteiger partial charge in [0.15, 0.2) is 18.2 Å². The Morgan fingerprint density at radius 2 is 1.86 bits per heavy atom. The zero-order chi connectivity index (χ0) is 20.7. The van der Waals surface area contributed by atoms with Crippen molar-refractivity contribution in [2.45, 2.75) is 24.7 Å². The highest BCUT2D eigenvalue weighted by atomic mass is 35.5. The molecule has 1 amide bonds. The molecule has 9 heteroatoms. The van der Waals surface area contributed by atoms with E-state index < -0.39 is 18.4 Å². The van der Waals surface area contributed by atoms with E-state index in [-0.39, 0.29) is 24.5 Å². The zero-order valence-electron chi connectivity index (χ0n) is 15.2. The van der Waals surface area contributed by atoms with Crippen LogP contribution in [0.2, 0.25) is 4.34 Å². The largest absolute Gasteiger partial charge is 0.457 e. The van der Waals surface area contributed by atoms with Crippen molar-refractivity contribution >= 4 is 63.8 Å². The van der Waals surface area contributed by atoms with E-state index in [4.69, 9.17) is 16.3 Å². The van der Waals surface area contributed by atoms with Crippen LogP contribution in [0.4, 0.5) is 5.69 Å². The van der Waals surface area contributed by atoms with Crippen LogP contribution in [0.1, 0.15) is 39.8 Å². The first kappa shape index (κ1) is 22.1. The molecule has 0 bridgehead atoms.